The van der Waals surface area contributed by atoms with Crippen LogP contribution in [-0.4, -0.2) is 10.9 Å². The van der Waals surface area contributed by atoms with E-state index in [0.717, 1.165) is 9.88 Å². The smallest absolute Gasteiger partial charge is 0.251 e. The number of halogens is 2. The second-order valence-corrected chi connectivity index (χ2v) is 6.44. The molecule has 0 aliphatic heterocycles. The lowest BCUT2D eigenvalue weighted by atomic mass is 10.2. The number of aryl methyl sites for hydroxylation is 1. The predicted octanol–water partition coefficient (Wildman–Crippen LogP) is 3.83. The van der Waals surface area contributed by atoms with Gasteiger partial charge in [-0.1, -0.05) is 23.2 Å². The Labute approximate surface area is 130 Å². The number of hydrogen-bond donors (Lipinski definition) is 2. The van der Waals surface area contributed by atoms with Crippen molar-refractivity contribution in [2.24, 2.45) is 0 Å². The number of nitrogens with two attached hydrogens (primary N) is 1. The SMILES string of the molecule is Cc1cnc(C(C)NC(=O)c2cc(Cl)c(N)c(Cl)c2)s1. The predicted molar refractivity (Wildman–Crippen MR) is 83.6 cm³/mol. The summed E-state index contributed by atoms with van der Waals surface area (Å²) in [6.45, 7) is 3.84. The van der Waals surface area contributed by atoms with Crippen LogP contribution in [0.3, 0.4) is 0 Å². The van der Waals surface area contributed by atoms with Crippen LogP contribution in [0.15, 0.2) is 18.3 Å². The monoisotopic (exact) mass is 329 g/mol. The van der Waals surface area contributed by atoms with Crippen molar-refractivity contribution in [3.8, 4) is 0 Å². The van der Waals surface area contributed by atoms with Crippen LogP contribution in [0.25, 0.3) is 0 Å². The molecular weight excluding hydrogens is 317 g/mol. The van der Waals surface area contributed by atoms with Crippen LogP contribution in [0.4, 0.5) is 5.69 Å². The van der Waals surface area contributed by atoms with Gasteiger partial charge < -0.3 is 11.1 Å². The summed E-state index contributed by atoms with van der Waals surface area (Å²) in [5.74, 6) is -0.269. The second-order valence-electron chi connectivity index (χ2n) is 4.36. The fourth-order valence-electron chi connectivity index (χ4n) is 1.63. The van der Waals surface area contributed by atoms with Gasteiger partial charge in [0.1, 0.15) is 5.01 Å². The maximum Gasteiger partial charge on any atom is 0.251 e. The first-order valence-corrected chi connectivity index (χ1v) is 7.43. The topological polar surface area (TPSA) is 68.0 Å². The Bertz CT molecular complexity index is 634. The zero-order valence-electron chi connectivity index (χ0n) is 10.9. The Kier molecular flexibility index (Phi) is 4.52. The van der Waals surface area contributed by atoms with Gasteiger partial charge in [-0.3, -0.25) is 4.79 Å². The van der Waals surface area contributed by atoms with Gasteiger partial charge >= 0.3 is 0 Å². The third kappa shape index (κ3) is 3.23. The second kappa shape index (κ2) is 5.99. The first kappa shape index (κ1) is 15.1. The summed E-state index contributed by atoms with van der Waals surface area (Å²) in [5.41, 5.74) is 6.28. The van der Waals surface area contributed by atoms with Gasteiger partial charge in [-0.25, -0.2) is 4.98 Å². The molecule has 1 unspecified atom stereocenters. The van der Waals surface area contributed by atoms with Crippen molar-refractivity contribution in [3.63, 3.8) is 0 Å². The van der Waals surface area contributed by atoms with Gasteiger partial charge in [0.2, 0.25) is 0 Å². The lowest BCUT2D eigenvalue weighted by molar-refractivity contribution is 0.0940. The molecule has 0 saturated carbocycles. The number of carbonyl (C=O) groups is 1. The average molecular weight is 330 g/mol. The first-order chi connectivity index (χ1) is 9.38. The van der Waals surface area contributed by atoms with Gasteiger partial charge in [-0.15, -0.1) is 11.3 Å². The molecule has 0 aliphatic carbocycles. The molecule has 0 radical (unpaired) electrons. The van der Waals surface area contributed by atoms with Crippen molar-refractivity contribution < 1.29 is 4.79 Å². The van der Waals surface area contributed by atoms with Crippen molar-refractivity contribution >= 4 is 46.1 Å². The third-order valence-corrected chi connectivity index (χ3v) is 4.42. The van der Waals surface area contributed by atoms with E-state index in [9.17, 15) is 4.79 Å². The quantitative estimate of drug-likeness (QED) is 0.841. The number of carbonyl (C=O) groups excluding carboxylic acids is 1. The van der Waals surface area contributed by atoms with E-state index >= 15 is 0 Å². The minimum absolute atomic E-state index is 0.184. The van der Waals surface area contributed by atoms with E-state index in [1.165, 1.54) is 12.1 Å². The molecule has 1 atom stereocenters. The van der Waals surface area contributed by atoms with E-state index in [0.29, 0.717) is 5.56 Å². The summed E-state index contributed by atoms with van der Waals surface area (Å²) in [7, 11) is 0. The molecule has 0 fully saturated rings. The fourth-order valence-corrected chi connectivity index (χ4v) is 2.89. The van der Waals surface area contributed by atoms with Crippen molar-refractivity contribution in [2.75, 3.05) is 5.73 Å². The van der Waals surface area contributed by atoms with Crippen LogP contribution in [0, 0.1) is 6.92 Å². The number of benzene rings is 1. The first-order valence-electron chi connectivity index (χ1n) is 5.86. The minimum atomic E-state index is -0.269. The molecule has 20 heavy (non-hydrogen) atoms. The lowest BCUT2D eigenvalue weighted by Gasteiger charge is -2.12. The molecule has 3 N–H and O–H groups in total. The van der Waals surface area contributed by atoms with Crippen LogP contribution >= 0.6 is 34.5 Å². The van der Waals surface area contributed by atoms with E-state index < -0.39 is 0 Å². The highest BCUT2D eigenvalue weighted by molar-refractivity contribution is 7.11. The Morgan fingerprint density at radius 1 is 1.40 bits per heavy atom. The van der Waals surface area contributed by atoms with Crippen LogP contribution < -0.4 is 11.1 Å². The van der Waals surface area contributed by atoms with Crippen LogP contribution in [-0.2, 0) is 0 Å². The number of nitrogen functional groups attached to an aromatic ring is 1. The Morgan fingerprint density at radius 3 is 2.50 bits per heavy atom. The standard InChI is InChI=1S/C13H13Cl2N3OS/c1-6-5-17-13(20-6)7(2)18-12(19)8-3-9(14)11(16)10(15)4-8/h3-5,7H,16H2,1-2H3,(H,18,19). The Morgan fingerprint density at radius 2 is 2.00 bits per heavy atom. The average Bonchev–Trinajstić information content (AvgIpc) is 2.82. The van der Waals surface area contributed by atoms with E-state index in [2.05, 4.69) is 10.3 Å². The zero-order valence-corrected chi connectivity index (χ0v) is 13.2. The van der Waals surface area contributed by atoms with Crippen molar-refractivity contribution in [1.82, 2.24) is 10.3 Å². The van der Waals surface area contributed by atoms with E-state index in [4.69, 9.17) is 28.9 Å². The number of rotatable bonds is 3. The number of aromatic nitrogens is 1. The molecule has 1 amide bonds. The highest BCUT2D eigenvalue weighted by atomic mass is 35.5. The van der Waals surface area contributed by atoms with Gasteiger partial charge in [0, 0.05) is 16.6 Å². The molecule has 2 rings (SSSR count). The van der Waals surface area contributed by atoms with Gasteiger partial charge in [0.25, 0.3) is 5.91 Å². The highest BCUT2D eigenvalue weighted by Gasteiger charge is 2.16. The lowest BCUT2D eigenvalue weighted by Crippen LogP contribution is -2.26. The summed E-state index contributed by atoms with van der Waals surface area (Å²) in [6.07, 6.45) is 1.78. The Balaban J connectivity index is 2.16. The molecule has 0 bridgehead atoms. The van der Waals surface area contributed by atoms with Crippen LogP contribution in [0.2, 0.25) is 10.0 Å². The van der Waals surface area contributed by atoms with Crippen molar-refractivity contribution in [3.05, 3.63) is 43.8 Å². The molecule has 0 aliphatic rings. The molecule has 106 valence electrons. The molecule has 1 heterocycles. The molecule has 2 aromatic rings. The number of thiazole rings is 1. The van der Waals surface area contributed by atoms with Gasteiger partial charge in [0.05, 0.1) is 21.8 Å². The molecule has 1 aromatic carbocycles. The number of nitrogens with zero attached hydrogens (tertiary/aromatic N) is 1. The molecule has 0 spiro atoms. The zero-order chi connectivity index (χ0) is 14.9. The maximum absolute atomic E-state index is 12.2. The molecule has 0 saturated heterocycles. The van der Waals surface area contributed by atoms with Crippen molar-refractivity contribution in [2.45, 2.75) is 19.9 Å². The van der Waals surface area contributed by atoms with Gasteiger partial charge in [-0.2, -0.15) is 0 Å². The van der Waals surface area contributed by atoms with E-state index in [1.807, 2.05) is 13.8 Å². The highest BCUT2D eigenvalue weighted by Crippen LogP contribution is 2.29. The molecular formula is C13H13Cl2N3OS. The largest absolute Gasteiger partial charge is 0.396 e. The molecule has 1 aromatic heterocycles. The number of hydrogen-bond acceptors (Lipinski definition) is 4. The van der Waals surface area contributed by atoms with E-state index in [-0.39, 0.29) is 27.7 Å². The summed E-state index contributed by atoms with van der Waals surface area (Å²) in [6, 6.07) is 2.81. The summed E-state index contributed by atoms with van der Waals surface area (Å²) in [5, 5.41) is 4.23. The normalized spacial score (nSPS) is 12.2. The summed E-state index contributed by atoms with van der Waals surface area (Å²) < 4.78 is 0. The fraction of sp³-hybridized carbons (Fsp3) is 0.231. The summed E-state index contributed by atoms with van der Waals surface area (Å²) in [4.78, 5) is 17.5. The van der Waals surface area contributed by atoms with Crippen LogP contribution in [0.1, 0.15) is 33.2 Å². The minimum Gasteiger partial charge on any atom is -0.396 e. The molecule has 4 nitrogen and oxygen atoms in total. The van der Waals surface area contributed by atoms with Crippen LogP contribution in [0.5, 0.6) is 0 Å². The molecule has 7 heteroatoms. The number of nitrogens with one attached hydrogen (secondary N) is 1. The maximum atomic E-state index is 12.2. The van der Waals surface area contributed by atoms with E-state index in [1.54, 1.807) is 17.5 Å². The number of anilines is 1. The van der Waals surface area contributed by atoms with Crippen molar-refractivity contribution in [1.29, 1.82) is 0 Å². The Hall–Kier alpha value is -1.30. The van der Waals surface area contributed by atoms with Gasteiger partial charge in [-0.05, 0) is 26.0 Å². The third-order valence-electron chi connectivity index (χ3n) is 2.70. The number of amides is 1. The summed E-state index contributed by atoms with van der Waals surface area (Å²) >= 11 is 13.4. The van der Waals surface area contributed by atoms with Gasteiger partial charge in [0.15, 0.2) is 0 Å².